The van der Waals surface area contributed by atoms with Crippen LogP contribution in [0.4, 0.5) is 4.39 Å². The van der Waals surface area contributed by atoms with Gasteiger partial charge in [-0.3, -0.25) is 9.78 Å². The van der Waals surface area contributed by atoms with Crippen LogP contribution in [0.25, 0.3) is 0 Å². The molecule has 0 atom stereocenters. The minimum atomic E-state index is -0.426. The quantitative estimate of drug-likeness (QED) is 0.781. The van der Waals surface area contributed by atoms with Crippen molar-refractivity contribution >= 4 is 17.4 Å². The fourth-order valence-electron chi connectivity index (χ4n) is 1.85. The normalized spacial score (nSPS) is 10.7. The number of halogens is 2. The molecule has 0 aliphatic carbocycles. The predicted octanol–water partition coefficient (Wildman–Crippen LogP) is 4.09. The van der Waals surface area contributed by atoms with Crippen LogP contribution in [-0.4, -0.2) is 16.9 Å². The molecular formula is C16H15ClFNO2. The van der Waals surface area contributed by atoms with E-state index in [1.165, 1.54) is 24.4 Å². The largest absolute Gasteiger partial charge is 0.489 e. The van der Waals surface area contributed by atoms with E-state index < -0.39 is 5.82 Å². The Balaban J connectivity index is 2.16. The van der Waals surface area contributed by atoms with Gasteiger partial charge in [-0.15, -0.1) is 0 Å². The summed E-state index contributed by atoms with van der Waals surface area (Å²) in [7, 11) is 0. The molecule has 0 spiro atoms. The van der Waals surface area contributed by atoms with E-state index in [9.17, 15) is 9.18 Å². The van der Waals surface area contributed by atoms with Crippen molar-refractivity contribution in [3.8, 4) is 5.75 Å². The number of benzene rings is 1. The summed E-state index contributed by atoms with van der Waals surface area (Å²) in [5, 5.41) is 0.242. The summed E-state index contributed by atoms with van der Waals surface area (Å²) in [5.41, 5.74) is 1.02. The van der Waals surface area contributed by atoms with Crippen molar-refractivity contribution in [3.63, 3.8) is 0 Å². The number of nitrogens with zero attached hydrogens (tertiary/aromatic N) is 1. The highest BCUT2D eigenvalue weighted by Gasteiger charge is 2.12. The van der Waals surface area contributed by atoms with Crippen molar-refractivity contribution in [1.29, 1.82) is 0 Å². The van der Waals surface area contributed by atoms with Gasteiger partial charge in [0.05, 0.1) is 12.3 Å². The smallest absolute Gasteiger partial charge is 0.168 e. The van der Waals surface area contributed by atoms with Gasteiger partial charge >= 0.3 is 0 Å². The Morgan fingerprint density at radius 1 is 1.33 bits per heavy atom. The molecule has 0 bridgehead atoms. The van der Waals surface area contributed by atoms with Gasteiger partial charge in [0, 0.05) is 23.2 Å². The van der Waals surface area contributed by atoms with Crippen molar-refractivity contribution in [3.05, 3.63) is 58.6 Å². The van der Waals surface area contributed by atoms with Crippen LogP contribution >= 0.6 is 11.6 Å². The first-order valence-corrected chi connectivity index (χ1v) is 6.92. The molecule has 1 aromatic carbocycles. The van der Waals surface area contributed by atoms with Gasteiger partial charge in [-0.25, -0.2) is 4.39 Å². The fourth-order valence-corrected chi connectivity index (χ4v) is 2.08. The molecule has 21 heavy (non-hydrogen) atoms. The van der Waals surface area contributed by atoms with E-state index in [0.29, 0.717) is 16.9 Å². The van der Waals surface area contributed by atoms with Gasteiger partial charge in [0.1, 0.15) is 11.6 Å². The first-order valence-electron chi connectivity index (χ1n) is 6.54. The Morgan fingerprint density at radius 2 is 2.10 bits per heavy atom. The number of ketones is 1. The zero-order chi connectivity index (χ0) is 15.4. The molecule has 5 heteroatoms. The second kappa shape index (κ2) is 6.68. The summed E-state index contributed by atoms with van der Waals surface area (Å²) in [6.07, 6.45) is 3.13. The summed E-state index contributed by atoms with van der Waals surface area (Å²) in [5.74, 6) is -0.0311. The highest BCUT2D eigenvalue weighted by atomic mass is 35.5. The van der Waals surface area contributed by atoms with Gasteiger partial charge in [0.2, 0.25) is 0 Å². The standard InChI is InChI=1S/C16H15ClFNO2/c1-10(2)21-14-5-12(8-19-9-14)16(20)6-11-3-4-13(18)7-15(11)17/h3-5,7-10H,6H2,1-2H3. The van der Waals surface area contributed by atoms with E-state index in [1.54, 1.807) is 12.3 Å². The molecule has 0 saturated heterocycles. The lowest BCUT2D eigenvalue weighted by molar-refractivity contribution is 0.0991. The number of Topliss-reactive ketones (excluding diaryl/α,β-unsaturated/α-hetero) is 1. The topological polar surface area (TPSA) is 39.2 Å². The molecule has 0 aliphatic rings. The molecule has 0 saturated carbocycles. The lowest BCUT2D eigenvalue weighted by Gasteiger charge is -2.10. The number of hydrogen-bond acceptors (Lipinski definition) is 3. The maximum Gasteiger partial charge on any atom is 0.168 e. The van der Waals surface area contributed by atoms with Crippen molar-refractivity contribution < 1.29 is 13.9 Å². The van der Waals surface area contributed by atoms with E-state index in [1.807, 2.05) is 13.8 Å². The van der Waals surface area contributed by atoms with E-state index in [4.69, 9.17) is 16.3 Å². The molecule has 1 heterocycles. The van der Waals surface area contributed by atoms with Crippen LogP contribution in [0, 0.1) is 5.82 Å². The highest BCUT2D eigenvalue weighted by Crippen LogP contribution is 2.20. The summed E-state index contributed by atoms with van der Waals surface area (Å²) in [4.78, 5) is 16.2. The minimum Gasteiger partial charge on any atom is -0.489 e. The number of carbonyl (C=O) groups is 1. The number of ether oxygens (including phenoxy) is 1. The van der Waals surface area contributed by atoms with E-state index in [0.717, 1.165) is 0 Å². The Bertz CT molecular complexity index is 658. The Labute approximate surface area is 127 Å². The molecule has 2 rings (SSSR count). The van der Waals surface area contributed by atoms with Crippen molar-refractivity contribution in [2.24, 2.45) is 0 Å². The van der Waals surface area contributed by atoms with Gasteiger partial charge in [-0.05, 0) is 37.6 Å². The Morgan fingerprint density at radius 3 is 2.76 bits per heavy atom. The fraction of sp³-hybridized carbons (Fsp3) is 0.250. The molecule has 0 amide bonds. The third-order valence-electron chi connectivity index (χ3n) is 2.77. The van der Waals surface area contributed by atoms with Crippen LogP contribution < -0.4 is 4.74 Å². The SMILES string of the molecule is CC(C)Oc1cncc(C(=O)Cc2ccc(F)cc2Cl)c1. The van der Waals surface area contributed by atoms with E-state index in [-0.39, 0.29) is 23.3 Å². The molecule has 2 aromatic rings. The maximum absolute atomic E-state index is 13.0. The third kappa shape index (κ3) is 4.26. The predicted molar refractivity (Wildman–Crippen MR) is 79.4 cm³/mol. The molecular weight excluding hydrogens is 293 g/mol. The Hall–Kier alpha value is -1.94. The van der Waals surface area contributed by atoms with Crippen molar-refractivity contribution in [2.75, 3.05) is 0 Å². The Kier molecular flexibility index (Phi) is 4.91. The van der Waals surface area contributed by atoms with Crippen molar-refractivity contribution in [2.45, 2.75) is 26.4 Å². The molecule has 3 nitrogen and oxygen atoms in total. The number of carbonyl (C=O) groups excluding carboxylic acids is 1. The van der Waals surface area contributed by atoms with E-state index in [2.05, 4.69) is 4.98 Å². The minimum absolute atomic E-state index is 0.00342. The van der Waals surface area contributed by atoms with Gasteiger partial charge in [0.15, 0.2) is 5.78 Å². The summed E-state index contributed by atoms with van der Waals surface area (Å²) in [6.45, 7) is 3.79. The lowest BCUT2D eigenvalue weighted by atomic mass is 10.0. The molecule has 0 aliphatic heterocycles. The summed E-state index contributed by atoms with van der Waals surface area (Å²) < 4.78 is 18.5. The zero-order valence-corrected chi connectivity index (χ0v) is 12.5. The van der Waals surface area contributed by atoms with Gasteiger partial charge in [-0.1, -0.05) is 17.7 Å². The molecule has 0 unspecified atom stereocenters. The second-order valence-electron chi connectivity index (χ2n) is 4.91. The van der Waals surface area contributed by atoms with Crippen LogP contribution in [0.3, 0.4) is 0 Å². The van der Waals surface area contributed by atoms with Gasteiger partial charge < -0.3 is 4.74 Å². The van der Waals surface area contributed by atoms with Gasteiger partial charge in [-0.2, -0.15) is 0 Å². The average Bonchev–Trinajstić information content (AvgIpc) is 2.41. The number of hydrogen-bond donors (Lipinski definition) is 0. The summed E-state index contributed by atoms with van der Waals surface area (Å²) >= 11 is 5.93. The lowest BCUT2D eigenvalue weighted by Crippen LogP contribution is -2.08. The van der Waals surface area contributed by atoms with Crippen molar-refractivity contribution in [1.82, 2.24) is 4.98 Å². The molecule has 110 valence electrons. The molecule has 0 fully saturated rings. The zero-order valence-electron chi connectivity index (χ0n) is 11.8. The van der Waals surface area contributed by atoms with Crippen LogP contribution in [0.2, 0.25) is 5.02 Å². The first kappa shape index (κ1) is 15.4. The third-order valence-corrected chi connectivity index (χ3v) is 3.12. The first-order chi connectivity index (χ1) is 9.95. The molecule has 1 aromatic heterocycles. The number of rotatable bonds is 5. The van der Waals surface area contributed by atoms with Crippen LogP contribution in [-0.2, 0) is 6.42 Å². The maximum atomic E-state index is 13.0. The number of aromatic nitrogens is 1. The van der Waals surface area contributed by atoms with E-state index >= 15 is 0 Å². The average molecular weight is 308 g/mol. The number of pyridine rings is 1. The van der Waals surface area contributed by atoms with Crippen LogP contribution in [0.15, 0.2) is 36.7 Å². The monoisotopic (exact) mass is 307 g/mol. The summed E-state index contributed by atoms with van der Waals surface area (Å²) in [6, 6.07) is 5.63. The van der Waals surface area contributed by atoms with Crippen LogP contribution in [0.5, 0.6) is 5.75 Å². The van der Waals surface area contributed by atoms with Gasteiger partial charge in [0.25, 0.3) is 0 Å². The molecule has 0 N–H and O–H groups in total. The van der Waals surface area contributed by atoms with Crippen LogP contribution in [0.1, 0.15) is 29.8 Å². The molecule has 0 radical (unpaired) electrons. The highest BCUT2D eigenvalue weighted by molar-refractivity contribution is 6.31. The second-order valence-corrected chi connectivity index (χ2v) is 5.32.